The Bertz CT molecular complexity index is 213. The molecule has 0 spiro atoms. The van der Waals surface area contributed by atoms with Gasteiger partial charge < -0.3 is 15.4 Å². The number of nitrogens with zero attached hydrogens (tertiary/aromatic N) is 1. The lowest BCUT2D eigenvalue weighted by atomic mass is 10.1. The zero-order chi connectivity index (χ0) is 12.0. The minimum atomic E-state index is -0.516. The molecule has 0 aromatic rings. The van der Waals surface area contributed by atoms with Crippen LogP contribution in [0.1, 0.15) is 38.5 Å². The lowest BCUT2D eigenvalue weighted by Gasteiger charge is -2.28. The Kier molecular flexibility index (Phi) is 5.77. The zero-order valence-corrected chi connectivity index (χ0v) is 10.4. The van der Waals surface area contributed by atoms with Crippen LogP contribution in [0.5, 0.6) is 0 Å². The van der Waals surface area contributed by atoms with Crippen molar-refractivity contribution in [3.8, 4) is 0 Å². The van der Waals surface area contributed by atoms with E-state index in [0.29, 0.717) is 12.6 Å². The largest absolute Gasteiger partial charge is 0.468 e. The summed E-state index contributed by atoms with van der Waals surface area (Å²) in [7, 11) is 3.44. The summed E-state index contributed by atoms with van der Waals surface area (Å²) < 4.78 is 4.63. The second-order valence-electron chi connectivity index (χ2n) is 4.71. The lowest BCUT2D eigenvalue weighted by Crippen LogP contribution is -2.45. The minimum Gasteiger partial charge on any atom is -0.468 e. The molecule has 1 fully saturated rings. The van der Waals surface area contributed by atoms with Crippen LogP contribution in [0.2, 0.25) is 0 Å². The molecular formula is C12H24N2O2. The summed E-state index contributed by atoms with van der Waals surface area (Å²) in [5.74, 6) is -0.319. The molecule has 2 N–H and O–H groups in total. The van der Waals surface area contributed by atoms with Crippen LogP contribution < -0.4 is 5.73 Å². The number of likely N-dealkylation sites (N-methyl/N-ethyl adjacent to an activating group) is 1. The summed E-state index contributed by atoms with van der Waals surface area (Å²) in [6, 6.07) is 0.0662. The summed E-state index contributed by atoms with van der Waals surface area (Å²) in [5, 5.41) is 0. The highest BCUT2D eigenvalue weighted by Gasteiger charge is 2.22. The highest BCUT2D eigenvalue weighted by Crippen LogP contribution is 2.20. The number of esters is 1. The Morgan fingerprint density at radius 3 is 2.44 bits per heavy atom. The van der Waals surface area contributed by atoms with Gasteiger partial charge in [-0.3, -0.25) is 4.79 Å². The third kappa shape index (κ3) is 4.10. The molecular weight excluding hydrogens is 204 g/mol. The van der Waals surface area contributed by atoms with Crippen molar-refractivity contribution in [1.29, 1.82) is 0 Å². The van der Waals surface area contributed by atoms with Crippen LogP contribution in [0.3, 0.4) is 0 Å². The van der Waals surface area contributed by atoms with E-state index >= 15 is 0 Å². The van der Waals surface area contributed by atoms with Crippen molar-refractivity contribution in [2.45, 2.75) is 50.6 Å². The fraction of sp³-hybridized carbons (Fsp3) is 0.917. The highest BCUT2D eigenvalue weighted by molar-refractivity contribution is 5.75. The van der Waals surface area contributed by atoms with Gasteiger partial charge in [-0.25, -0.2) is 0 Å². The van der Waals surface area contributed by atoms with Crippen molar-refractivity contribution in [2.75, 3.05) is 20.7 Å². The minimum absolute atomic E-state index is 0.319. The molecule has 0 aromatic carbocycles. The SMILES string of the molecule is COC(=O)C(N)CN(C)C1CCCCCC1. The quantitative estimate of drug-likeness (QED) is 0.579. The van der Waals surface area contributed by atoms with Crippen LogP contribution in [0.15, 0.2) is 0 Å². The molecule has 1 atom stereocenters. The number of rotatable bonds is 4. The third-order valence-corrected chi connectivity index (χ3v) is 3.44. The molecule has 4 heteroatoms. The Morgan fingerprint density at radius 2 is 1.94 bits per heavy atom. The van der Waals surface area contributed by atoms with E-state index in [1.54, 1.807) is 0 Å². The third-order valence-electron chi connectivity index (χ3n) is 3.44. The zero-order valence-electron chi connectivity index (χ0n) is 10.4. The number of hydrogen-bond acceptors (Lipinski definition) is 4. The predicted octanol–water partition coefficient (Wildman–Crippen LogP) is 1.14. The van der Waals surface area contributed by atoms with Crippen molar-refractivity contribution in [3.63, 3.8) is 0 Å². The van der Waals surface area contributed by atoms with Gasteiger partial charge in [0.05, 0.1) is 7.11 Å². The maximum Gasteiger partial charge on any atom is 0.323 e. The number of nitrogens with two attached hydrogens (primary N) is 1. The van der Waals surface area contributed by atoms with E-state index in [1.807, 2.05) is 0 Å². The highest BCUT2D eigenvalue weighted by atomic mass is 16.5. The van der Waals surface area contributed by atoms with Crippen molar-refractivity contribution >= 4 is 5.97 Å². The van der Waals surface area contributed by atoms with E-state index < -0.39 is 6.04 Å². The number of hydrogen-bond donors (Lipinski definition) is 1. The van der Waals surface area contributed by atoms with Crippen molar-refractivity contribution in [3.05, 3.63) is 0 Å². The molecule has 94 valence electrons. The molecule has 0 radical (unpaired) electrons. The second-order valence-corrected chi connectivity index (χ2v) is 4.71. The first-order valence-electron chi connectivity index (χ1n) is 6.18. The molecule has 4 nitrogen and oxygen atoms in total. The first-order chi connectivity index (χ1) is 7.65. The van der Waals surface area contributed by atoms with Gasteiger partial charge in [0, 0.05) is 12.6 Å². The Labute approximate surface area is 98.1 Å². The van der Waals surface area contributed by atoms with E-state index in [0.717, 1.165) is 0 Å². The molecule has 0 aromatic heterocycles. The average Bonchev–Trinajstić information content (AvgIpc) is 2.56. The number of methoxy groups -OCH3 is 1. The standard InChI is InChI=1S/C12H24N2O2/c1-14(9-11(13)12(15)16-2)10-7-5-3-4-6-8-10/h10-11H,3-9,13H2,1-2H3. The maximum atomic E-state index is 11.2. The van der Waals surface area contributed by atoms with E-state index in [1.165, 1.54) is 45.6 Å². The van der Waals surface area contributed by atoms with Gasteiger partial charge in [0.25, 0.3) is 0 Å². The average molecular weight is 228 g/mol. The molecule has 0 bridgehead atoms. The van der Waals surface area contributed by atoms with E-state index in [2.05, 4.69) is 16.7 Å². The predicted molar refractivity (Wildman–Crippen MR) is 64.1 cm³/mol. The second kappa shape index (κ2) is 6.86. The smallest absolute Gasteiger partial charge is 0.323 e. The fourth-order valence-corrected chi connectivity index (χ4v) is 2.38. The van der Waals surface area contributed by atoms with Crippen LogP contribution in [-0.4, -0.2) is 43.7 Å². The van der Waals surface area contributed by atoms with Crippen LogP contribution in [0, 0.1) is 0 Å². The van der Waals surface area contributed by atoms with Gasteiger partial charge in [0.1, 0.15) is 6.04 Å². The molecule has 1 saturated carbocycles. The maximum absolute atomic E-state index is 11.2. The molecule has 1 unspecified atom stereocenters. The van der Waals surface area contributed by atoms with E-state index in [9.17, 15) is 4.79 Å². The van der Waals surface area contributed by atoms with Gasteiger partial charge in [0.2, 0.25) is 0 Å². The van der Waals surface area contributed by atoms with Crippen molar-refractivity contribution in [1.82, 2.24) is 4.90 Å². The summed E-state index contributed by atoms with van der Waals surface area (Å²) in [6.07, 6.45) is 7.72. The van der Waals surface area contributed by atoms with E-state index in [4.69, 9.17) is 5.73 Å². The Balaban J connectivity index is 2.37. The van der Waals surface area contributed by atoms with Gasteiger partial charge in [-0.1, -0.05) is 25.7 Å². The normalized spacial score (nSPS) is 20.5. The molecule has 0 amide bonds. The van der Waals surface area contributed by atoms with E-state index in [-0.39, 0.29) is 5.97 Å². The van der Waals surface area contributed by atoms with Gasteiger partial charge in [-0.05, 0) is 19.9 Å². The van der Waals surface area contributed by atoms with Gasteiger partial charge in [-0.2, -0.15) is 0 Å². The first-order valence-corrected chi connectivity index (χ1v) is 6.18. The Morgan fingerprint density at radius 1 is 1.38 bits per heavy atom. The number of carbonyl (C=O) groups is 1. The van der Waals surface area contributed by atoms with Crippen LogP contribution in [0.4, 0.5) is 0 Å². The van der Waals surface area contributed by atoms with Gasteiger partial charge in [-0.15, -0.1) is 0 Å². The van der Waals surface area contributed by atoms with Crippen LogP contribution in [0.25, 0.3) is 0 Å². The number of ether oxygens (including phenoxy) is 1. The van der Waals surface area contributed by atoms with Crippen LogP contribution in [-0.2, 0) is 9.53 Å². The fourth-order valence-electron chi connectivity index (χ4n) is 2.38. The monoisotopic (exact) mass is 228 g/mol. The molecule has 0 heterocycles. The van der Waals surface area contributed by atoms with Crippen LogP contribution >= 0.6 is 0 Å². The lowest BCUT2D eigenvalue weighted by molar-refractivity contribution is -0.142. The van der Waals surface area contributed by atoms with Crippen molar-refractivity contribution < 1.29 is 9.53 Å². The summed E-state index contributed by atoms with van der Waals surface area (Å²) >= 11 is 0. The van der Waals surface area contributed by atoms with Crippen molar-refractivity contribution in [2.24, 2.45) is 5.73 Å². The molecule has 0 aliphatic heterocycles. The topological polar surface area (TPSA) is 55.6 Å². The van der Waals surface area contributed by atoms with Gasteiger partial charge >= 0.3 is 5.97 Å². The molecule has 1 aliphatic rings. The Hall–Kier alpha value is -0.610. The molecule has 1 aliphatic carbocycles. The summed E-state index contributed by atoms with van der Waals surface area (Å²) in [5.41, 5.74) is 5.76. The number of carbonyl (C=O) groups excluding carboxylic acids is 1. The van der Waals surface area contributed by atoms with Gasteiger partial charge in [0.15, 0.2) is 0 Å². The molecule has 16 heavy (non-hydrogen) atoms. The molecule has 0 saturated heterocycles. The summed E-state index contributed by atoms with van der Waals surface area (Å²) in [6.45, 7) is 0.595. The first kappa shape index (κ1) is 13.5. The summed E-state index contributed by atoms with van der Waals surface area (Å²) in [4.78, 5) is 13.4. The molecule has 1 rings (SSSR count).